The summed E-state index contributed by atoms with van der Waals surface area (Å²) in [6.07, 6.45) is 7.78. The number of hydrogen-bond donors (Lipinski definition) is 1. The highest BCUT2D eigenvalue weighted by molar-refractivity contribution is 7.90. The lowest BCUT2D eigenvalue weighted by molar-refractivity contribution is 0.580. The summed E-state index contributed by atoms with van der Waals surface area (Å²) in [7, 11) is -3.10. The van der Waals surface area contributed by atoms with Gasteiger partial charge in [-0.25, -0.2) is 13.4 Å². The Morgan fingerprint density at radius 1 is 1.25 bits per heavy atom. The highest BCUT2D eigenvalue weighted by Crippen LogP contribution is 2.10. The van der Waals surface area contributed by atoms with Crippen LogP contribution >= 0.6 is 0 Å². The standard InChI is InChI=1S/C14H19N3O2S/c1-20(18,19)14-5-3-13(4-6-14)11-15-7-2-9-17-10-8-16-12-17/h3-6,8,10,12,15H,2,7,9,11H2,1H3. The van der Waals surface area contributed by atoms with Gasteiger partial charge in [0.05, 0.1) is 11.2 Å². The summed E-state index contributed by atoms with van der Waals surface area (Å²) < 4.78 is 24.7. The molecule has 0 radical (unpaired) electrons. The molecule has 20 heavy (non-hydrogen) atoms. The maximum Gasteiger partial charge on any atom is 0.175 e. The zero-order valence-electron chi connectivity index (χ0n) is 11.5. The highest BCUT2D eigenvalue weighted by atomic mass is 32.2. The summed E-state index contributed by atoms with van der Waals surface area (Å²) in [5, 5.41) is 3.34. The van der Waals surface area contributed by atoms with Gasteiger partial charge in [0.1, 0.15) is 0 Å². The number of aryl methyl sites for hydroxylation is 1. The van der Waals surface area contributed by atoms with Gasteiger partial charge in [0.2, 0.25) is 0 Å². The van der Waals surface area contributed by atoms with E-state index in [0.29, 0.717) is 4.90 Å². The first-order valence-electron chi connectivity index (χ1n) is 6.51. The molecule has 108 valence electrons. The van der Waals surface area contributed by atoms with Crippen molar-refractivity contribution in [1.82, 2.24) is 14.9 Å². The molecule has 0 bridgehead atoms. The molecule has 1 aromatic heterocycles. The van der Waals surface area contributed by atoms with E-state index in [1.165, 1.54) is 6.26 Å². The molecule has 0 saturated heterocycles. The second-order valence-corrected chi connectivity index (χ2v) is 6.76. The molecule has 1 N–H and O–H groups in total. The number of aromatic nitrogens is 2. The number of nitrogens with zero attached hydrogens (tertiary/aromatic N) is 2. The molecule has 0 aliphatic rings. The van der Waals surface area contributed by atoms with Crippen LogP contribution in [0.25, 0.3) is 0 Å². The molecule has 0 saturated carbocycles. The van der Waals surface area contributed by atoms with Crippen molar-refractivity contribution in [2.75, 3.05) is 12.8 Å². The van der Waals surface area contributed by atoms with Crippen LogP contribution in [0.5, 0.6) is 0 Å². The van der Waals surface area contributed by atoms with Crippen molar-refractivity contribution in [1.29, 1.82) is 0 Å². The van der Waals surface area contributed by atoms with Gasteiger partial charge in [-0.2, -0.15) is 0 Å². The third-order valence-electron chi connectivity index (χ3n) is 3.01. The van der Waals surface area contributed by atoms with Crippen LogP contribution in [0.2, 0.25) is 0 Å². The Hall–Kier alpha value is -1.66. The molecular formula is C14H19N3O2S. The van der Waals surface area contributed by atoms with Gasteiger partial charge in [-0.05, 0) is 30.7 Å². The summed E-state index contributed by atoms with van der Waals surface area (Å²) in [6.45, 7) is 2.60. The smallest absolute Gasteiger partial charge is 0.175 e. The maximum absolute atomic E-state index is 11.3. The molecule has 0 spiro atoms. The lowest BCUT2D eigenvalue weighted by Crippen LogP contribution is -2.16. The fourth-order valence-corrected chi connectivity index (χ4v) is 2.52. The fraction of sp³-hybridized carbons (Fsp3) is 0.357. The Morgan fingerprint density at radius 2 is 2.00 bits per heavy atom. The largest absolute Gasteiger partial charge is 0.337 e. The van der Waals surface area contributed by atoms with E-state index in [1.54, 1.807) is 18.3 Å². The summed E-state index contributed by atoms with van der Waals surface area (Å²) in [5.41, 5.74) is 1.08. The Kier molecular flexibility index (Phi) is 4.92. The van der Waals surface area contributed by atoms with Crippen molar-refractivity contribution >= 4 is 9.84 Å². The molecule has 2 aromatic rings. The van der Waals surface area contributed by atoms with Crippen molar-refractivity contribution in [3.63, 3.8) is 0 Å². The van der Waals surface area contributed by atoms with Crippen LogP contribution < -0.4 is 5.32 Å². The number of sulfone groups is 1. The van der Waals surface area contributed by atoms with E-state index in [0.717, 1.165) is 31.6 Å². The lowest BCUT2D eigenvalue weighted by atomic mass is 10.2. The molecule has 0 aliphatic carbocycles. The number of rotatable bonds is 7. The highest BCUT2D eigenvalue weighted by Gasteiger charge is 2.05. The number of nitrogens with one attached hydrogen (secondary N) is 1. The van der Waals surface area contributed by atoms with Gasteiger partial charge in [0.15, 0.2) is 9.84 Å². The molecule has 0 unspecified atom stereocenters. The van der Waals surface area contributed by atoms with E-state index in [4.69, 9.17) is 0 Å². The predicted molar refractivity (Wildman–Crippen MR) is 78.1 cm³/mol. The monoisotopic (exact) mass is 293 g/mol. The van der Waals surface area contributed by atoms with Crippen LogP contribution in [0.15, 0.2) is 47.9 Å². The summed E-state index contributed by atoms with van der Waals surface area (Å²) >= 11 is 0. The third-order valence-corrected chi connectivity index (χ3v) is 4.14. The van der Waals surface area contributed by atoms with E-state index >= 15 is 0 Å². The minimum Gasteiger partial charge on any atom is -0.337 e. The molecule has 2 rings (SSSR count). The first-order valence-corrected chi connectivity index (χ1v) is 8.40. The molecule has 0 atom stereocenters. The Bertz CT molecular complexity index is 619. The van der Waals surface area contributed by atoms with E-state index in [1.807, 2.05) is 29.2 Å². The predicted octanol–water partition coefficient (Wildman–Crippen LogP) is 1.47. The molecule has 0 fully saturated rings. The van der Waals surface area contributed by atoms with Gasteiger partial charge >= 0.3 is 0 Å². The Balaban J connectivity index is 1.72. The molecule has 6 heteroatoms. The summed E-state index contributed by atoms with van der Waals surface area (Å²) in [4.78, 5) is 4.35. The van der Waals surface area contributed by atoms with E-state index in [2.05, 4.69) is 10.3 Å². The molecular weight excluding hydrogens is 274 g/mol. The SMILES string of the molecule is CS(=O)(=O)c1ccc(CNCCCn2ccnc2)cc1. The maximum atomic E-state index is 11.3. The average Bonchev–Trinajstić information content (AvgIpc) is 2.91. The zero-order chi connectivity index (χ0) is 14.4. The van der Waals surface area contributed by atoms with Crippen LogP contribution in [0, 0.1) is 0 Å². The first-order chi connectivity index (χ1) is 9.55. The topological polar surface area (TPSA) is 64.0 Å². The minimum absolute atomic E-state index is 0.362. The summed E-state index contributed by atoms with van der Waals surface area (Å²) in [5.74, 6) is 0. The van der Waals surface area contributed by atoms with Crippen molar-refractivity contribution < 1.29 is 8.42 Å². The van der Waals surface area contributed by atoms with Crippen LogP contribution in [-0.2, 0) is 22.9 Å². The van der Waals surface area contributed by atoms with Crippen LogP contribution in [0.1, 0.15) is 12.0 Å². The number of hydrogen-bond acceptors (Lipinski definition) is 4. The van der Waals surface area contributed by atoms with E-state index < -0.39 is 9.84 Å². The van der Waals surface area contributed by atoms with E-state index in [-0.39, 0.29) is 0 Å². The van der Waals surface area contributed by atoms with Crippen LogP contribution in [0.4, 0.5) is 0 Å². The van der Waals surface area contributed by atoms with Crippen molar-refractivity contribution in [3.05, 3.63) is 48.5 Å². The zero-order valence-corrected chi connectivity index (χ0v) is 12.3. The first kappa shape index (κ1) is 14.7. The molecule has 5 nitrogen and oxygen atoms in total. The van der Waals surface area contributed by atoms with Gasteiger partial charge in [0, 0.05) is 31.7 Å². The number of benzene rings is 1. The third kappa shape index (κ3) is 4.47. The van der Waals surface area contributed by atoms with Crippen molar-refractivity contribution in [2.24, 2.45) is 0 Å². The van der Waals surface area contributed by atoms with Gasteiger partial charge in [0.25, 0.3) is 0 Å². The number of imidazole rings is 1. The summed E-state index contributed by atoms with van der Waals surface area (Å²) in [6, 6.07) is 6.99. The van der Waals surface area contributed by atoms with Crippen molar-refractivity contribution in [3.8, 4) is 0 Å². The minimum atomic E-state index is -3.10. The van der Waals surface area contributed by atoms with Gasteiger partial charge in [-0.3, -0.25) is 0 Å². The Labute approximate surface area is 119 Å². The molecule has 0 aliphatic heterocycles. The fourth-order valence-electron chi connectivity index (χ4n) is 1.89. The van der Waals surface area contributed by atoms with Gasteiger partial charge in [-0.15, -0.1) is 0 Å². The van der Waals surface area contributed by atoms with Gasteiger partial charge in [-0.1, -0.05) is 12.1 Å². The van der Waals surface area contributed by atoms with E-state index in [9.17, 15) is 8.42 Å². The quantitative estimate of drug-likeness (QED) is 0.785. The average molecular weight is 293 g/mol. The Morgan fingerprint density at radius 3 is 2.60 bits per heavy atom. The second kappa shape index (κ2) is 6.67. The van der Waals surface area contributed by atoms with Crippen LogP contribution in [-0.4, -0.2) is 30.8 Å². The van der Waals surface area contributed by atoms with Crippen molar-refractivity contribution in [2.45, 2.75) is 24.4 Å². The normalized spacial score (nSPS) is 11.7. The molecule has 1 aromatic carbocycles. The van der Waals surface area contributed by atoms with Gasteiger partial charge < -0.3 is 9.88 Å². The van der Waals surface area contributed by atoms with Crippen LogP contribution in [0.3, 0.4) is 0 Å². The molecule has 1 heterocycles. The second-order valence-electron chi connectivity index (χ2n) is 4.75. The molecule has 0 amide bonds. The lowest BCUT2D eigenvalue weighted by Gasteiger charge is -2.06.